The Morgan fingerprint density at radius 2 is 1.66 bits per heavy atom. The number of anilines is 2. The average molecular weight is 556 g/mol. The van der Waals surface area contributed by atoms with Gasteiger partial charge in [-0.25, -0.2) is 0 Å². The zero-order chi connectivity index (χ0) is 25.4. The number of hydrogen-bond donors (Lipinski definition) is 3. The Kier molecular flexibility index (Phi) is 9.22. The molecule has 0 bridgehead atoms. The lowest BCUT2D eigenvalue weighted by molar-refractivity contribution is 0.0970. The van der Waals surface area contributed by atoms with Gasteiger partial charge in [-0.05, 0) is 87.6 Å². The molecule has 0 heterocycles. The summed E-state index contributed by atoms with van der Waals surface area (Å²) in [7, 11) is 0. The van der Waals surface area contributed by atoms with E-state index in [1.165, 1.54) is 0 Å². The normalized spacial score (nSPS) is 10.4. The largest absolute Gasteiger partial charge is 0.494 e. The second-order valence-corrected chi connectivity index (χ2v) is 9.00. The van der Waals surface area contributed by atoms with Crippen LogP contribution in [-0.4, -0.2) is 29.6 Å². The molecule has 2 amide bonds. The standard InChI is InChI=1S/C26H26BrN3O4S/c1-4-33-19-12-10-18(11-13-19)28-24(31)20-7-5-6-8-22(20)29-26(35)30-25(32)21-15-17(27)9-14-23(21)34-16(2)3/h5-16H,4H2,1-3H3,(H,28,31)(H2,29,30,32,35). The molecular formula is C26H26BrN3O4S. The van der Waals surface area contributed by atoms with Crippen LogP contribution < -0.4 is 25.4 Å². The highest BCUT2D eigenvalue weighted by Crippen LogP contribution is 2.25. The molecule has 0 radical (unpaired) electrons. The van der Waals surface area contributed by atoms with Crippen molar-refractivity contribution in [3.05, 3.63) is 82.3 Å². The van der Waals surface area contributed by atoms with Crippen molar-refractivity contribution in [3.8, 4) is 11.5 Å². The summed E-state index contributed by atoms with van der Waals surface area (Å²) < 4.78 is 11.9. The molecule has 0 saturated carbocycles. The number of rotatable bonds is 8. The van der Waals surface area contributed by atoms with Crippen LogP contribution in [0.1, 0.15) is 41.5 Å². The highest BCUT2D eigenvalue weighted by molar-refractivity contribution is 9.10. The van der Waals surface area contributed by atoms with Crippen molar-refractivity contribution >= 4 is 56.4 Å². The second-order valence-electron chi connectivity index (χ2n) is 7.67. The first-order valence-electron chi connectivity index (χ1n) is 11.0. The van der Waals surface area contributed by atoms with Crippen molar-refractivity contribution < 1.29 is 19.1 Å². The van der Waals surface area contributed by atoms with Gasteiger partial charge >= 0.3 is 0 Å². The molecule has 3 N–H and O–H groups in total. The molecule has 0 aliphatic rings. The summed E-state index contributed by atoms with van der Waals surface area (Å²) in [6.45, 7) is 6.23. The van der Waals surface area contributed by atoms with Crippen molar-refractivity contribution in [2.45, 2.75) is 26.9 Å². The van der Waals surface area contributed by atoms with E-state index in [9.17, 15) is 9.59 Å². The topological polar surface area (TPSA) is 88.7 Å². The number of benzene rings is 3. The van der Waals surface area contributed by atoms with Crippen LogP contribution in [0.3, 0.4) is 0 Å². The quantitative estimate of drug-likeness (QED) is 0.295. The second kappa shape index (κ2) is 12.3. The summed E-state index contributed by atoms with van der Waals surface area (Å²) >= 11 is 8.73. The van der Waals surface area contributed by atoms with Gasteiger partial charge in [0.25, 0.3) is 11.8 Å². The number of halogens is 1. The Bertz CT molecular complexity index is 1220. The van der Waals surface area contributed by atoms with E-state index in [4.69, 9.17) is 21.7 Å². The van der Waals surface area contributed by atoms with Gasteiger partial charge in [0.15, 0.2) is 5.11 Å². The van der Waals surface area contributed by atoms with Gasteiger partial charge < -0.3 is 20.1 Å². The predicted octanol–water partition coefficient (Wildman–Crippen LogP) is 6.01. The van der Waals surface area contributed by atoms with E-state index in [0.717, 1.165) is 10.2 Å². The molecule has 0 atom stereocenters. The molecule has 0 fully saturated rings. The number of hydrogen-bond acceptors (Lipinski definition) is 5. The molecule has 3 aromatic carbocycles. The first-order valence-corrected chi connectivity index (χ1v) is 12.2. The lowest BCUT2D eigenvalue weighted by Crippen LogP contribution is -2.35. The fourth-order valence-corrected chi connectivity index (χ4v) is 3.71. The maximum Gasteiger partial charge on any atom is 0.261 e. The third-order valence-electron chi connectivity index (χ3n) is 4.62. The molecule has 0 saturated heterocycles. The van der Waals surface area contributed by atoms with Gasteiger partial charge in [-0.15, -0.1) is 0 Å². The minimum absolute atomic E-state index is 0.0480. The van der Waals surface area contributed by atoms with E-state index in [2.05, 4.69) is 31.9 Å². The van der Waals surface area contributed by atoms with Gasteiger partial charge in [0.1, 0.15) is 11.5 Å². The molecule has 0 spiro atoms. The van der Waals surface area contributed by atoms with E-state index < -0.39 is 5.91 Å². The SMILES string of the molecule is CCOc1ccc(NC(=O)c2ccccc2NC(=S)NC(=O)c2cc(Br)ccc2OC(C)C)cc1. The number of carbonyl (C=O) groups excluding carboxylic acids is 2. The monoisotopic (exact) mass is 555 g/mol. The fraction of sp³-hybridized carbons (Fsp3) is 0.192. The van der Waals surface area contributed by atoms with Crippen molar-refractivity contribution in [1.82, 2.24) is 5.32 Å². The minimum Gasteiger partial charge on any atom is -0.494 e. The number of amides is 2. The number of nitrogens with one attached hydrogen (secondary N) is 3. The van der Waals surface area contributed by atoms with E-state index in [0.29, 0.717) is 34.9 Å². The smallest absolute Gasteiger partial charge is 0.261 e. The summed E-state index contributed by atoms with van der Waals surface area (Å²) in [5.74, 6) is 0.404. The van der Waals surface area contributed by atoms with Gasteiger partial charge in [-0.2, -0.15) is 0 Å². The van der Waals surface area contributed by atoms with Gasteiger partial charge in [0.05, 0.1) is 29.5 Å². The van der Waals surface area contributed by atoms with Crippen molar-refractivity contribution in [2.75, 3.05) is 17.2 Å². The van der Waals surface area contributed by atoms with Crippen LogP contribution in [0.4, 0.5) is 11.4 Å². The number of thiocarbonyl (C=S) groups is 1. The first-order chi connectivity index (χ1) is 16.8. The Balaban J connectivity index is 1.70. The molecule has 3 aromatic rings. The fourth-order valence-electron chi connectivity index (χ4n) is 3.15. The average Bonchev–Trinajstić information content (AvgIpc) is 2.81. The molecule has 0 aliphatic heterocycles. The van der Waals surface area contributed by atoms with Crippen molar-refractivity contribution in [1.29, 1.82) is 0 Å². The summed E-state index contributed by atoms with van der Waals surface area (Å²) in [5, 5.41) is 8.50. The van der Waals surface area contributed by atoms with E-state index in [-0.39, 0.29) is 17.1 Å². The Morgan fingerprint density at radius 3 is 2.34 bits per heavy atom. The van der Waals surface area contributed by atoms with Crippen LogP contribution in [0.5, 0.6) is 11.5 Å². The summed E-state index contributed by atoms with van der Waals surface area (Å²) in [5.41, 5.74) is 1.77. The van der Waals surface area contributed by atoms with Crippen LogP contribution in [-0.2, 0) is 0 Å². The molecule has 35 heavy (non-hydrogen) atoms. The van der Waals surface area contributed by atoms with Crippen LogP contribution in [0, 0.1) is 0 Å². The lowest BCUT2D eigenvalue weighted by atomic mass is 10.1. The molecule has 0 aliphatic carbocycles. The molecule has 0 unspecified atom stereocenters. The Morgan fingerprint density at radius 1 is 0.943 bits per heavy atom. The molecular weight excluding hydrogens is 530 g/mol. The van der Waals surface area contributed by atoms with E-state index in [1.54, 1.807) is 66.7 Å². The summed E-state index contributed by atoms with van der Waals surface area (Å²) in [4.78, 5) is 25.8. The highest BCUT2D eigenvalue weighted by Gasteiger charge is 2.17. The molecule has 0 aromatic heterocycles. The molecule has 3 rings (SSSR count). The third-order valence-corrected chi connectivity index (χ3v) is 5.32. The Labute approximate surface area is 218 Å². The van der Waals surface area contributed by atoms with Crippen LogP contribution in [0.2, 0.25) is 0 Å². The maximum absolute atomic E-state index is 12.9. The molecule has 7 nitrogen and oxygen atoms in total. The van der Waals surface area contributed by atoms with Gasteiger partial charge in [0.2, 0.25) is 0 Å². The summed E-state index contributed by atoms with van der Waals surface area (Å²) in [6.07, 6.45) is -0.103. The van der Waals surface area contributed by atoms with Crippen molar-refractivity contribution in [3.63, 3.8) is 0 Å². The van der Waals surface area contributed by atoms with Gasteiger partial charge in [-0.1, -0.05) is 28.1 Å². The zero-order valence-electron chi connectivity index (χ0n) is 19.6. The minimum atomic E-state index is -0.434. The molecule has 9 heteroatoms. The lowest BCUT2D eigenvalue weighted by Gasteiger charge is -2.16. The molecule has 182 valence electrons. The van der Waals surface area contributed by atoms with Crippen LogP contribution in [0.15, 0.2) is 71.2 Å². The first kappa shape index (κ1) is 26.2. The number of carbonyl (C=O) groups is 2. The predicted molar refractivity (Wildman–Crippen MR) is 146 cm³/mol. The maximum atomic E-state index is 12.9. The van der Waals surface area contributed by atoms with Crippen LogP contribution in [0.25, 0.3) is 0 Å². The van der Waals surface area contributed by atoms with E-state index in [1.807, 2.05) is 20.8 Å². The third kappa shape index (κ3) is 7.53. The summed E-state index contributed by atoms with van der Waals surface area (Å²) in [6, 6.07) is 19.2. The van der Waals surface area contributed by atoms with Crippen LogP contribution >= 0.6 is 28.1 Å². The zero-order valence-corrected chi connectivity index (χ0v) is 22.0. The van der Waals surface area contributed by atoms with Crippen molar-refractivity contribution in [2.24, 2.45) is 0 Å². The van der Waals surface area contributed by atoms with Gasteiger partial charge in [-0.3, -0.25) is 14.9 Å². The van der Waals surface area contributed by atoms with Gasteiger partial charge in [0, 0.05) is 10.2 Å². The number of ether oxygens (including phenoxy) is 2. The number of para-hydroxylation sites is 1. The van der Waals surface area contributed by atoms with E-state index >= 15 is 0 Å². The Hall–Kier alpha value is -3.43. The highest BCUT2D eigenvalue weighted by atomic mass is 79.9.